The highest BCUT2D eigenvalue weighted by Crippen LogP contribution is 2.34. The number of nitro benzene ring substituents is 1. The van der Waals surface area contributed by atoms with E-state index in [0.29, 0.717) is 0 Å². The first-order valence-electron chi connectivity index (χ1n) is 4.27. The van der Waals surface area contributed by atoms with Crippen LogP contribution in [0.15, 0.2) is 39.4 Å². The van der Waals surface area contributed by atoms with Crippen LogP contribution in [0.1, 0.15) is 0 Å². The monoisotopic (exact) mass is 285 g/mol. The van der Waals surface area contributed by atoms with Gasteiger partial charge in [-0.1, -0.05) is 0 Å². The summed E-state index contributed by atoms with van der Waals surface area (Å²) in [6.07, 6.45) is 1.37. The summed E-state index contributed by atoms with van der Waals surface area (Å²) in [5.74, 6) is -0.310. The van der Waals surface area contributed by atoms with Crippen LogP contribution >= 0.6 is 15.9 Å². The van der Waals surface area contributed by atoms with Gasteiger partial charge < -0.3 is 4.42 Å². The average molecular weight is 286 g/mol. The molecule has 0 unspecified atom stereocenters. The normalized spacial score (nSPS) is 10.4. The van der Waals surface area contributed by atoms with Crippen LogP contribution in [0.3, 0.4) is 0 Å². The highest BCUT2D eigenvalue weighted by molar-refractivity contribution is 9.10. The molecule has 6 heteroatoms. The largest absolute Gasteiger partial charge is 0.464 e. The van der Waals surface area contributed by atoms with Crippen LogP contribution in [0.4, 0.5) is 10.1 Å². The molecule has 0 aliphatic carbocycles. The van der Waals surface area contributed by atoms with E-state index in [9.17, 15) is 14.5 Å². The smallest absolute Gasteiger partial charge is 0.281 e. The van der Waals surface area contributed by atoms with Crippen molar-refractivity contribution in [1.82, 2.24) is 0 Å². The van der Waals surface area contributed by atoms with Gasteiger partial charge in [0.1, 0.15) is 11.6 Å². The van der Waals surface area contributed by atoms with E-state index in [0.717, 1.165) is 12.1 Å². The number of furan rings is 1. The molecule has 2 aromatic rings. The minimum Gasteiger partial charge on any atom is -0.464 e. The fourth-order valence-corrected chi connectivity index (χ4v) is 1.65. The van der Waals surface area contributed by atoms with Gasteiger partial charge in [0, 0.05) is 6.07 Å². The maximum atomic E-state index is 13.3. The first-order chi connectivity index (χ1) is 7.59. The van der Waals surface area contributed by atoms with Crippen molar-refractivity contribution in [3.05, 3.63) is 50.9 Å². The minimum atomic E-state index is -0.581. The van der Waals surface area contributed by atoms with Gasteiger partial charge >= 0.3 is 0 Å². The van der Waals surface area contributed by atoms with Crippen LogP contribution in [0, 0.1) is 15.9 Å². The average Bonchev–Trinajstić information content (AvgIpc) is 2.74. The van der Waals surface area contributed by atoms with Crippen molar-refractivity contribution >= 4 is 21.6 Å². The van der Waals surface area contributed by atoms with Gasteiger partial charge in [-0.05, 0) is 34.1 Å². The van der Waals surface area contributed by atoms with Crippen LogP contribution in [-0.2, 0) is 0 Å². The number of hydrogen-bond acceptors (Lipinski definition) is 3. The number of halogens is 2. The molecule has 0 atom stereocenters. The molecule has 0 spiro atoms. The van der Waals surface area contributed by atoms with E-state index in [1.165, 1.54) is 12.3 Å². The predicted octanol–water partition coefficient (Wildman–Crippen LogP) is 3.76. The number of nitrogens with zero attached hydrogens (tertiary/aromatic N) is 1. The van der Waals surface area contributed by atoms with Gasteiger partial charge in [0.2, 0.25) is 0 Å². The van der Waals surface area contributed by atoms with E-state index in [1.54, 1.807) is 6.07 Å². The Bertz CT molecular complexity index is 539. The second-order valence-corrected chi connectivity index (χ2v) is 3.87. The molecule has 0 bridgehead atoms. The van der Waals surface area contributed by atoms with Crippen molar-refractivity contribution in [2.24, 2.45) is 0 Å². The zero-order valence-electron chi connectivity index (χ0n) is 7.81. The van der Waals surface area contributed by atoms with E-state index >= 15 is 0 Å². The topological polar surface area (TPSA) is 56.3 Å². The van der Waals surface area contributed by atoms with Crippen molar-refractivity contribution in [3.8, 4) is 11.3 Å². The van der Waals surface area contributed by atoms with Crippen LogP contribution in [0.25, 0.3) is 11.3 Å². The number of hydrogen-bond donors (Lipinski definition) is 0. The molecule has 1 aromatic heterocycles. The molecule has 0 saturated heterocycles. The molecule has 82 valence electrons. The Balaban J connectivity index is 2.68. The highest BCUT2D eigenvalue weighted by atomic mass is 79.9. The van der Waals surface area contributed by atoms with E-state index in [4.69, 9.17) is 4.42 Å². The zero-order valence-corrected chi connectivity index (χ0v) is 9.40. The van der Waals surface area contributed by atoms with Gasteiger partial charge in [-0.3, -0.25) is 10.1 Å². The van der Waals surface area contributed by atoms with Gasteiger partial charge in [0.15, 0.2) is 0 Å². The molecule has 0 amide bonds. The van der Waals surface area contributed by atoms with Gasteiger partial charge in [-0.15, -0.1) is 0 Å². The summed E-state index contributed by atoms with van der Waals surface area (Å²) < 4.78 is 18.4. The first kappa shape index (κ1) is 10.8. The minimum absolute atomic E-state index is 0.0505. The van der Waals surface area contributed by atoms with Crippen molar-refractivity contribution in [1.29, 1.82) is 0 Å². The Morgan fingerprint density at radius 2 is 2.19 bits per heavy atom. The first-order valence-corrected chi connectivity index (χ1v) is 5.06. The molecule has 0 N–H and O–H groups in total. The van der Waals surface area contributed by atoms with Crippen LogP contribution in [0.5, 0.6) is 0 Å². The third kappa shape index (κ3) is 1.83. The summed E-state index contributed by atoms with van der Waals surface area (Å²) in [5, 5.41) is 10.8. The molecule has 16 heavy (non-hydrogen) atoms. The second-order valence-electron chi connectivity index (χ2n) is 3.02. The predicted molar refractivity (Wildman–Crippen MR) is 58.5 cm³/mol. The molecule has 4 nitrogen and oxygen atoms in total. The lowest BCUT2D eigenvalue weighted by Gasteiger charge is -2.01. The Hall–Kier alpha value is -1.69. The van der Waals surface area contributed by atoms with Crippen LogP contribution < -0.4 is 0 Å². The van der Waals surface area contributed by atoms with Crippen molar-refractivity contribution in [3.63, 3.8) is 0 Å². The van der Waals surface area contributed by atoms with Gasteiger partial charge in [0.25, 0.3) is 5.69 Å². The summed E-state index contributed by atoms with van der Waals surface area (Å²) in [6, 6.07) is 5.31. The molecule has 0 radical (unpaired) electrons. The lowest BCUT2D eigenvalue weighted by atomic mass is 10.1. The van der Waals surface area contributed by atoms with Crippen molar-refractivity contribution in [2.45, 2.75) is 0 Å². The Morgan fingerprint density at radius 1 is 1.44 bits per heavy atom. The molecule has 0 aliphatic rings. The summed E-state index contributed by atoms with van der Waals surface area (Å²) in [5.41, 5.74) is -0.0843. The van der Waals surface area contributed by atoms with Crippen molar-refractivity contribution < 1.29 is 13.7 Å². The summed E-state index contributed by atoms with van der Waals surface area (Å²) in [7, 11) is 0. The Morgan fingerprint density at radius 3 is 2.75 bits per heavy atom. The Kier molecular flexibility index (Phi) is 2.74. The standard InChI is InChI=1S/C10H5BrFNO3/c11-7-5-9(13(14)15)6(4-8(7)12)10-2-1-3-16-10/h1-5H. The van der Waals surface area contributed by atoms with Gasteiger partial charge in [-0.25, -0.2) is 4.39 Å². The van der Waals surface area contributed by atoms with Gasteiger partial charge in [0.05, 0.1) is 21.2 Å². The molecule has 2 rings (SSSR count). The fourth-order valence-electron chi connectivity index (χ4n) is 1.32. The zero-order chi connectivity index (χ0) is 11.7. The third-order valence-electron chi connectivity index (χ3n) is 2.02. The third-order valence-corrected chi connectivity index (χ3v) is 2.63. The van der Waals surface area contributed by atoms with Crippen molar-refractivity contribution in [2.75, 3.05) is 0 Å². The molecule has 1 heterocycles. The van der Waals surface area contributed by atoms with Crippen LogP contribution in [0.2, 0.25) is 0 Å². The van der Waals surface area contributed by atoms with Gasteiger partial charge in [-0.2, -0.15) is 0 Å². The lowest BCUT2D eigenvalue weighted by molar-refractivity contribution is -0.384. The summed E-state index contributed by atoms with van der Waals surface area (Å²) in [4.78, 5) is 10.2. The highest BCUT2D eigenvalue weighted by Gasteiger charge is 2.20. The summed E-state index contributed by atoms with van der Waals surface area (Å²) in [6.45, 7) is 0. The fraction of sp³-hybridized carbons (Fsp3) is 0. The Labute approximate surface area is 98.0 Å². The maximum absolute atomic E-state index is 13.3. The van der Waals surface area contributed by atoms with E-state index in [2.05, 4.69) is 15.9 Å². The lowest BCUT2D eigenvalue weighted by Crippen LogP contribution is -1.93. The molecule has 0 fully saturated rings. The summed E-state index contributed by atoms with van der Waals surface area (Å²) >= 11 is 2.90. The van der Waals surface area contributed by atoms with Crippen LogP contribution in [-0.4, -0.2) is 4.92 Å². The number of nitro groups is 1. The SMILES string of the molecule is O=[N+]([O-])c1cc(Br)c(F)cc1-c1ccco1. The molecule has 0 saturated carbocycles. The number of benzene rings is 1. The molecular weight excluding hydrogens is 281 g/mol. The molecule has 1 aromatic carbocycles. The number of rotatable bonds is 2. The quantitative estimate of drug-likeness (QED) is 0.624. The van der Waals surface area contributed by atoms with E-state index < -0.39 is 10.7 Å². The van der Waals surface area contributed by atoms with E-state index in [-0.39, 0.29) is 21.5 Å². The maximum Gasteiger partial charge on any atom is 0.281 e. The second kappa shape index (κ2) is 4.05. The van der Waals surface area contributed by atoms with E-state index in [1.807, 2.05) is 0 Å². The molecule has 0 aliphatic heterocycles. The molecular formula is C10H5BrFNO3.